The lowest BCUT2D eigenvalue weighted by molar-refractivity contribution is -0.155. The number of rotatable bonds is 11. The first kappa shape index (κ1) is 30.4. The fourth-order valence-electron chi connectivity index (χ4n) is 5.70. The number of anilines is 1. The summed E-state index contributed by atoms with van der Waals surface area (Å²) in [6, 6.07) is 27.0. The van der Waals surface area contributed by atoms with Crippen LogP contribution in [0.15, 0.2) is 97.1 Å². The summed E-state index contributed by atoms with van der Waals surface area (Å²) < 4.78 is 13.3. The number of nitrogens with two attached hydrogens (primary N) is 1. The molecule has 5 rings (SSSR count). The number of primary amides is 1. The molecule has 1 aliphatic heterocycles. The standard InChI is InChI=1S/C35H35FN4O4/c36-28-15-11-24(12-16-28)13-19-33(42)39-20-21-40(35(44)30(39)17-18-32(37)41)31(34(43)38-29-8-2-1-3-9-29)23-25-10-14-26-6-4-5-7-27(26)22-25/h1-12,14-16,22,30-31H,13,17-21,23H2,(H2,37,41)(H,38,43)/t30-,31+/m0/s1. The monoisotopic (exact) mass is 594 g/mol. The molecule has 0 bridgehead atoms. The first-order chi connectivity index (χ1) is 21.3. The zero-order valence-corrected chi connectivity index (χ0v) is 24.3. The van der Waals surface area contributed by atoms with Crippen molar-refractivity contribution in [1.82, 2.24) is 9.80 Å². The van der Waals surface area contributed by atoms with Crippen LogP contribution in [0.5, 0.6) is 0 Å². The van der Waals surface area contributed by atoms with Crippen LogP contribution < -0.4 is 11.1 Å². The van der Waals surface area contributed by atoms with Gasteiger partial charge < -0.3 is 20.9 Å². The van der Waals surface area contributed by atoms with E-state index in [4.69, 9.17) is 5.73 Å². The zero-order valence-electron chi connectivity index (χ0n) is 24.3. The third-order valence-corrected chi connectivity index (χ3v) is 8.01. The molecule has 44 heavy (non-hydrogen) atoms. The summed E-state index contributed by atoms with van der Waals surface area (Å²) in [5.74, 6) is -1.94. The number of benzene rings is 4. The Morgan fingerprint density at radius 2 is 1.52 bits per heavy atom. The molecule has 4 amide bonds. The van der Waals surface area contributed by atoms with E-state index in [9.17, 15) is 23.6 Å². The minimum Gasteiger partial charge on any atom is -0.370 e. The van der Waals surface area contributed by atoms with Crippen molar-refractivity contribution in [2.45, 2.75) is 44.2 Å². The van der Waals surface area contributed by atoms with Gasteiger partial charge in [0, 0.05) is 38.0 Å². The van der Waals surface area contributed by atoms with Crippen LogP contribution in [0.1, 0.15) is 30.4 Å². The maximum Gasteiger partial charge on any atom is 0.247 e. The van der Waals surface area contributed by atoms with Gasteiger partial charge in [-0.2, -0.15) is 0 Å². The normalized spacial score (nSPS) is 15.7. The van der Waals surface area contributed by atoms with Crippen LogP contribution in [-0.4, -0.2) is 58.6 Å². The van der Waals surface area contributed by atoms with Gasteiger partial charge in [-0.1, -0.05) is 72.8 Å². The van der Waals surface area contributed by atoms with Gasteiger partial charge in [0.2, 0.25) is 23.6 Å². The average molecular weight is 595 g/mol. The minimum atomic E-state index is -0.944. The Kier molecular flexibility index (Phi) is 9.64. The van der Waals surface area contributed by atoms with Gasteiger partial charge in [-0.25, -0.2) is 4.39 Å². The van der Waals surface area contributed by atoms with E-state index in [1.54, 1.807) is 24.3 Å². The number of halogens is 1. The Morgan fingerprint density at radius 1 is 0.841 bits per heavy atom. The molecule has 226 valence electrons. The highest BCUT2D eigenvalue weighted by molar-refractivity contribution is 5.99. The van der Waals surface area contributed by atoms with Crippen LogP contribution in [-0.2, 0) is 32.0 Å². The van der Waals surface area contributed by atoms with E-state index in [1.807, 2.05) is 60.7 Å². The summed E-state index contributed by atoms with van der Waals surface area (Å²) >= 11 is 0. The molecule has 8 nitrogen and oxygen atoms in total. The number of fused-ring (bicyclic) bond motifs is 1. The molecule has 3 N–H and O–H groups in total. The summed E-state index contributed by atoms with van der Waals surface area (Å²) in [4.78, 5) is 56.1. The van der Waals surface area contributed by atoms with Crippen LogP contribution in [0.3, 0.4) is 0 Å². The maximum atomic E-state index is 14.1. The highest BCUT2D eigenvalue weighted by atomic mass is 19.1. The molecule has 1 fully saturated rings. The van der Waals surface area contributed by atoms with E-state index < -0.39 is 23.9 Å². The number of carbonyl (C=O) groups is 4. The molecule has 1 aliphatic rings. The first-order valence-corrected chi connectivity index (χ1v) is 14.7. The largest absolute Gasteiger partial charge is 0.370 e. The van der Waals surface area contributed by atoms with Crippen LogP contribution in [0.4, 0.5) is 10.1 Å². The lowest BCUT2D eigenvalue weighted by Gasteiger charge is -2.43. The number of aryl methyl sites for hydroxylation is 1. The second-order valence-electron chi connectivity index (χ2n) is 11.0. The van der Waals surface area contributed by atoms with Crippen molar-refractivity contribution in [3.63, 3.8) is 0 Å². The van der Waals surface area contributed by atoms with Gasteiger partial charge in [0.25, 0.3) is 0 Å². The zero-order chi connectivity index (χ0) is 31.1. The number of amides is 4. The van der Waals surface area contributed by atoms with Crippen LogP contribution in [0.2, 0.25) is 0 Å². The third kappa shape index (κ3) is 7.47. The summed E-state index contributed by atoms with van der Waals surface area (Å²) in [7, 11) is 0. The number of carbonyl (C=O) groups excluding carboxylic acids is 4. The molecular formula is C35H35FN4O4. The second kappa shape index (κ2) is 13.9. The van der Waals surface area contributed by atoms with Gasteiger partial charge in [0.15, 0.2) is 0 Å². The van der Waals surface area contributed by atoms with E-state index in [2.05, 4.69) is 5.32 Å². The quantitative estimate of drug-likeness (QED) is 0.267. The Hall–Kier alpha value is -5.05. The topological polar surface area (TPSA) is 113 Å². The van der Waals surface area contributed by atoms with Gasteiger partial charge in [0.1, 0.15) is 17.9 Å². The number of nitrogens with zero attached hydrogens (tertiary/aromatic N) is 2. The number of nitrogens with one attached hydrogen (secondary N) is 1. The Bertz CT molecular complexity index is 1640. The number of piperazine rings is 1. The maximum absolute atomic E-state index is 14.1. The van der Waals surface area contributed by atoms with Crippen molar-refractivity contribution in [2.24, 2.45) is 5.73 Å². The van der Waals surface area contributed by atoms with E-state index in [0.29, 0.717) is 12.1 Å². The molecule has 0 spiro atoms. The highest BCUT2D eigenvalue weighted by Gasteiger charge is 2.41. The van der Waals surface area contributed by atoms with Gasteiger partial charge in [-0.05, 0) is 59.0 Å². The van der Waals surface area contributed by atoms with Crippen molar-refractivity contribution in [3.05, 3.63) is 114 Å². The molecule has 1 heterocycles. The molecular weight excluding hydrogens is 559 g/mol. The second-order valence-corrected chi connectivity index (χ2v) is 11.0. The van der Waals surface area contributed by atoms with Crippen LogP contribution in [0, 0.1) is 5.82 Å². The van der Waals surface area contributed by atoms with Crippen molar-refractivity contribution < 1.29 is 23.6 Å². The number of para-hydroxylation sites is 1. The molecule has 0 aliphatic carbocycles. The van der Waals surface area contributed by atoms with Gasteiger partial charge in [-0.15, -0.1) is 0 Å². The smallest absolute Gasteiger partial charge is 0.247 e. The van der Waals surface area contributed by atoms with E-state index >= 15 is 0 Å². The molecule has 1 saturated heterocycles. The predicted molar refractivity (Wildman–Crippen MR) is 167 cm³/mol. The lowest BCUT2D eigenvalue weighted by atomic mass is 9.97. The molecule has 4 aromatic rings. The molecule has 2 atom stereocenters. The number of hydrogen-bond acceptors (Lipinski definition) is 4. The fraction of sp³-hybridized carbons (Fsp3) is 0.257. The molecule has 0 saturated carbocycles. The summed E-state index contributed by atoms with van der Waals surface area (Å²) in [6.07, 6.45) is 0.713. The van der Waals surface area contributed by atoms with Crippen LogP contribution >= 0.6 is 0 Å². The molecule has 9 heteroatoms. The molecule has 4 aromatic carbocycles. The van der Waals surface area contributed by atoms with Crippen molar-refractivity contribution in [3.8, 4) is 0 Å². The van der Waals surface area contributed by atoms with E-state index in [-0.39, 0.29) is 56.4 Å². The van der Waals surface area contributed by atoms with Crippen LogP contribution in [0.25, 0.3) is 10.8 Å². The fourth-order valence-corrected chi connectivity index (χ4v) is 5.70. The summed E-state index contributed by atoms with van der Waals surface area (Å²) in [5, 5.41) is 5.03. The number of hydrogen-bond donors (Lipinski definition) is 2. The Morgan fingerprint density at radius 3 is 2.25 bits per heavy atom. The van der Waals surface area contributed by atoms with Crippen molar-refractivity contribution >= 4 is 40.1 Å². The highest BCUT2D eigenvalue weighted by Crippen LogP contribution is 2.24. The van der Waals surface area contributed by atoms with Crippen molar-refractivity contribution in [1.29, 1.82) is 0 Å². The van der Waals surface area contributed by atoms with Gasteiger partial charge >= 0.3 is 0 Å². The summed E-state index contributed by atoms with van der Waals surface area (Å²) in [5.41, 5.74) is 7.73. The average Bonchev–Trinajstić information content (AvgIpc) is 3.03. The molecule has 0 unspecified atom stereocenters. The van der Waals surface area contributed by atoms with Gasteiger partial charge in [-0.3, -0.25) is 19.2 Å². The van der Waals surface area contributed by atoms with E-state index in [1.165, 1.54) is 21.9 Å². The van der Waals surface area contributed by atoms with Crippen molar-refractivity contribution in [2.75, 3.05) is 18.4 Å². The third-order valence-electron chi connectivity index (χ3n) is 8.01. The molecule has 0 aromatic heterocycles. The lowest BCUT2D eigenvalue weighted by Crippen LogP contribution is -2.63. The Balaban J connectivity index is 1.39. The Labute approximate surface area is 255 Å². The molecule has 0 radical (unpaired) electrons. The predicted octanol–water partition coefficient (Wildman–Crippen LogP) is 4.47. The van der Waals surface area contributed by atoms with Gasteiger partial charge in [0.05, 0.1) is 0 Å². The first-order valence-electron chi connectivity index (χ1n) is 14.7. The summed E-state index contributed by atoms with van der Waals surface area (Å²) in [6.45, 7) is 0.346. The SMILES string of the molecule is NC(=O)CC[C@H]1C(=O)N([C@H](Cc2ccc3ccccc3c2)C(=O)Nc2ccccc2)CCN1C(=O)CCc1ccc(F)cc1. The minimum absolute atomic E-state index is 0.0515. The van der Waals surface area contributed by atoms with E-state index in [0.717, 1.165) is 21.9 Å².